The number of hydrogen-bond acceptors (Lipinski definition) is 7. The molecule has 1 atom stereocenters. The molecule has 2 saturated heterocycles. The van der Waals surface area contributed by atoms with Crippen LogP contribution in [0.3, 0.4) is 0 Å². The number of methoxy groups -OCH3 is 1. The molecule has 5 rings (SSSR count). The molecule has 3 heterocycles. The number of aliphatic imine (C=N–C) groups is 1. The van der Waals surface area contributed by atoms with E-state index < -0.39 is 5.91 Å². The second kappa shape index (κ2) is 9.61. The SMILES string of the molecule is COc1cc2c(cc1-c1ccccc1)C=NC(N)(N1CCCN(C(=O)N3CCOCC3)CC1)N2. The van der Waals surface area contributed by atoms with Crippen molar-refractivity contribution in [1.82, 2.24) is 14.7 Å². The first kappa shape index (κ1) is 22.6. The van der Waals surface area contributed by atoms with Crippen LogP contribution in [0, 0.1) is 0 Å². The Labute approximate surface area is 200 Å². The lowest BCUT2D eigenvalue weighted by atomic mass is 10.00. The normalized spacial score (nSPS) is 23.1. The molecule has 180 valence electrons. The summed E-state index contributed by atoms with van der Waals surface area (Å²) in [5.41, 5.74) is 10.7. The number of benzene rings is 2. The van der Waals surface area contributed by atoms with E-state index in [2.05, 4.69) is 28.4 Å². The zero-order valence-electron chi connectivity index (χ0n) is 19.6. The van der Waals surface area contributed by atoms with Crippen molar-refractivity contribution in [2.24, 2.45) is 10.7 Å². The van der Waals surface area contributed by atoms with Crippen molar-refractivity contribution in [1.29, 1.82) is 0 Å². The summed E-state index contributed by atoms with van der Waals surface area (Å²) in [4.78, 5) is 23.6. The Morgan fingerprint density at radius 3 is 2.59 bits per heavy atom. The van der Waals surface area contributed by atoms with Gasteiger partial charge in [0.05, 0.1) is 26.0 Å². The smallest absolute Gasteiger partial charge is 0.320 e. The molecule has 34 heavy (non-hydrogen) atoms. The first-order chi connectivity index (χ1) is 16.6. The lowest BCUT2D eigenvalue weighted by Crippen LogP contribution is -2.62. The van der Waals surface area contributed by atoms with Gasteiger partial charge in [-0.15, -0.1) is 0 Å². The minimum absolute atomic E-state index is 0.0832. The highest BCUT2D eigenvalue weighted by Gasteiger charge is 2.37. The van der Waals surface area contributed by atoms with Gasteiger partial charge in [-0.25, -0.2) is 14.7 Å². The predicted octanol–water partition coefficient (Wildman–Crippen LogP) is 2.24. The lowest BCUT2D eigenvalue weighted by Gasteiger charge is -2.40. The van der Waals surface area contributed by atoms with Gasteiger partial charge >= 0.3 is 6.03 Å². The minimum atomic E-state index is -1.08. The fourth-order valence-electron chi connectivity index (χ4n) is 4.79. The van der Waals surface area contributed by atoms with Crippen molar-refractivity contribution in [2.75, 3.05) is 64.9 Å². The average Bonchev–Trinajstić information content (AvgIpc) is 3.15. The molecule has 2 amide bonds. The third-order valence-electron chi connectivity index (χ3n) is 6.71. The average molecular weight is 465 g/mol. The number of morpholine rings is 1. The van der Waals surface area contributed by atoms with Crippen LogP contribution in [-0.2, 0) is 4.74 Å². The van der Waals surface area contributed by atoms with Crippen molar-refractivity contribution < 1.29 is 14.3 Å². The van der Waals surface area contributed by atoms with Gasteiger partial charge in [0.1, 0.15) is 5.75 Å². The number of amides is 2. The Hall–Kier alpha value is -3.14. The standard InChI is InChI=1S/C25H32N6O3/c1-33-23-17-22-20(16-21(23)19-6-3-2-4-7-19)18-27-25(26,28-22)31-9-5-8-29(10-11-31)24(32)30-12-14-34-15-13-30/h2-4,6-7,16-18,28H,5,8-15,26H2,1H3. The number of carbonyl (C=O) groups excluding carboxylic acids is 1. The van der Waals surface area contributed by atoms with Crippen LogP contribution in [0.2, 0.25) is 0 Å². The second-order valence-electron chi connectivity index (χ2n) is 8.82. The highest BCUT2D eigenvalue weighted by molar-refractivity contribution is 5.94. The maximum atomic E-state index is 12.9. The Morgan fingerprint density at radius 1 is 1.06 bits per heavy atom. The highest BCUT2D eigenvalue weighted by Crippen LogP contribution is 2.37. The minimum Gasteiger partial charge on any atom is -0.496 e. The third-order valence-corrected chi connectivity index (χ3v) is 6.71. The quantitative estimate of drug-likeness (QED) is 0.723. The van der Waals surface area contributed by atoms with Gasteiger partial charge in [-0.2, -0.15) is 0 Å². The van der Waals surface area contributed by atoms with E-state index in [1.165, 1.54) is 0 Å². The van der Waals surface area contributed by atoms with Crippen molar-refractivity contribution in [3.05, 3.63) is 48.0 Å². The molecule has 2 fully saturated rings. The number of nitrogens with one attached hydrogen (secondary N) is 1. The number of fused-ring (bicyclic) bond motifs is 1. The number of urea groups is 1. The van der Waals surface area contributed by atoms with E-state index in [-0.39, 0.29) is 6.03 Å². The largest absolute Gasteiger partial charge is 0.496 e. The number of nitrogens with zero attached hydrogens (tertiary/aromatic N) is 4. The molecule has 3 aliphatic heterocycles. The summed E-state index contributed by atoms with van der Waals surface area (Å²) in [7, 11) is 1.68. The van der Waals surface area contributed by atoms with Gasteiger partial charge in [-0.3, -0.25) is 5.73 Å². The number of ether oxygens (including phenoxy) is 2. The highest BCUT2D eigenvalue weighted by atomic mass is 16.5. The van der Waals surface area contributed by atoms with E-state index >= 15 is 0 Å². The molecule has 2 aromatic carbocycles. The predicted molar refractivity (Wildman–Crippen MR) is 132 cm³/mol. The molecule has 0 bridgehead atoms. The van der Waals surface area contributed by atoms with Crippen molar-refractivity contribution in [2.45, 2.75) is 12.3 Å². The Morgan fingerprint density at radius 2 is 1.82 bits per heavy atom. The molecule has 0 aliphatic carbocycles. The summed E-state index contributed by atoms with van der Waals surface area (Å²) in [6.07, 6.45) is 2.66. The number of hydrogen-bond donors (Lipinski definition) is 2. The summed E-state index contributed by atoms with van der Waals surface area (Å²) < 4.78 is 11.1. The second-order valence-corrected chi connectivity index (χ2v) is 8.82. The summed E-state index contributed by atoms with van der Waals surface area (Å²) >= 11 is 0. The van der Waals surface area contributed by atoms with Gasteiger partial charge in [-0.1, -0.05) is 30.3 Å². The molecule has 0 saturated carbocycles. The van der Waals surface area contributed by atoms with Crippen LogP contribution in [-0.4, -0.2) is 92.4 Å². The molecule has 3 aliphatic rings. The molecular formula is C25H32N6O3. The van der Waals surface area contributed by atoms with Crippen LogP contribution in [0.4, 0.5) is 10.5 Å². The molecule has 3 N–H and O–H groups in total. The number of nitrogens with two attached hydrogens (primary N) is 1. The van der Waals surface area contributed by atoms with Crippen LogP contribution < -0.4 is 15.8 Å². The summed E-state index contributed by atoms with van der Waals surface area (Å²) in [5.74, 6) is -0.308. The number of rotatable bonds is 3. The fraction of sp³-hybridized carbons (Fsp3) is 0.440. The van der Waals surface area contributed by atoms with Crippen LogP contribution in [0.15, 0.2) is 47.5 Å². The molecule has 9 nitrogen and oxygen atoms in total. The van der Waals surface area contributed by atoms with Gasteiger partial charge in [0.25, 0.3) is 0 Å². The molecule has 0 radical (unpaired) electrons. The first-order valence-electron chi connectivity index (χ1n) is 11.8. The molecular weight excluding hydrogens is 432 g/mol. The van der Waals surface area contributed by atoms with E-state index in [9.17, 15) is 4.79 Å². The van der Waals surface area contributed by atoms with E-state index in [1.807, 2.05) is 40.3 Å². The number of carbonyl (C=O) groups is 1. The monoisotopic (exact) mass is 464 g/mol. The lowest BCUT2D eigenvalue weighted by molar-refractivity contribution is 0.0432. The van der Waals surface area contributed by atoms with Gasteiger partial charge in [0.15, 0.2) is 0 Å². The Bertz CT molecular complexity index is 1060. The van der Waals surface area contributed by atoms with Gasteiger partial charge in [-0.05, 0) is 18.1 Å². The van der Waals surface area contributed by atoms with Crippen molar-refractivity contribution >= 4 is 17.9 Å². The van der Waals surface area contributed by atoms with Crippen LogP contribution in [0.1, 0.15) is 12.0 Å². The van der Waals surface area contributed by atoms with Crippen molar-refractivity contribution in [3.63, 3.8) is 0 Å². The summed E-state index contributed by atoms with van der Waals surface area (Å²) in [6, 6.07) is 14.3. The van der Waals surface area contributed by atoms with Gasteiger partial charge < -0.3 is 24.6 Å². The maximum Gasteiger partial charge on any atom is 0.320 e. The van der Waals surface area contributed by atoms with E-state index in [1.54, 1.807) is 7.11 Å². The number of anilines is 1. The van der Waals surface area contributed by atoms with Gasteiger partial charge in [0.2, 0.25) is 5.91 Å². The molecule has 2 aromatic rings. The van der Waals surface area contributed by atoms with E-state index in [0.29, 0.717) is 45.9 Å². The zero-order chi connectivity index (χ0) is 23.5. The Kier molecular flexibility index (Phi) is 6.40. The fourth-order valence-corrected chi connectivity index (χ4v) is 4.79. The van der Waals surface area contributed by atoms with Gasteiger partial charge in [0, 0.05) is 62.7 Å². The van der Waals surface area contributed by atoms with E-state index in [0.717, 1.165) is 41.1 Å². The van der Waals surface area contributed by atoms with E-state index in [4.69, 9.17) is 20.2 Å². The molecule has 0 spiro atoms. The summed E-state index contributed by atoms with van der Waals surface area (Å²) in [5, 5.41) is 3.43. The van der Waals surface area contributed by atoms with Crippen LogP contribution >= 0.6 is 0 Å². The topological polar surface area (TPSA) is 95.7 Å². The maximum absolute atomic E-state index is 12.9. The first-order valence-corrected chi connectivity index (χ1v) is 11.8. The Balaban J connectivity index is 1.32. The molecule has 0 aromatic heterocycles. The third kappa shape index (κ3) is 4.46. The van der Waals surface area contributed by atoms with Crippen molar-refractivity contribution in [3.8, 4) is 16.9 Å². The molecule has 1 unspecified atom stereocenters. The van der Waals surface area contributed by atoms with Crippen LogP contribution in [0.25, 0.3) is 11.1 Å². The summed E-state index contributed by atoms with van der Waals surface area (Å²) in [6.45, 7) is 5.18. The zero-order valence-corrected chi connectivity index (χ0v) is 19.6. The van der Waals surface area contributed by atoms with Crippen LogP contribution in [0.5, 0.6) is 5.75 Å². The molecule has 9 heteroatoms.